The summed E-state index contributed by atoms with van der Waals surface area (Å²) in [5.41, 5.74) is 0. The Bertz CT molecular complexity index is 446. The molecule has 3 aliphatic rings. The van der Waals surface area contributed by atoms with Gasteiger partial charge in [0.05, 0.1) is 13.2 Å². The minimum absolute atomic E-state index is 0.605. The molecule has 0 unspecified atom stereocenters. The molecule has 0 bridgehead atoms. The van der Waals surface area contributed by atoms with Crippen LogP contribution < -0.4 is 0 Å². The van der Waals surface area contributed by atoms with Gasteiger partial charge in [-0.15, -0.1) is 0 Å². The molecular formula is C14H24O12. The summed E-state index contributed by atoms with van der Waals surface area (Å²) >= 11 is 0. The summed E-state index contributed by atoms with van der Waals surface area (Å²) in [5, 5.41) is 78.5. The Labute approximate surface area is 147 Å². The molecule has 0 amide bonds. The Morgan fingerprint density at radius 1 is 0.615 bits per heavy atom. The number of ether oxygens (including phenoxy) is 4. The molecule has 3 saturated heterocycles. The van der Waals surface area contributed by atoms with Crippen LogP contribution in [-0.4, -0.2) is 128 Å². The molecular weight excluding hydrogens is 360 g/mol. The van der Waals surface area contributed by atoms with Gasteiger partial charge >= 0.3 is 0 Å². The Balaban J connectivity index is 1.79. The van der Waals surface area contributed by atoms with Crippen LogP contribution in [-0.2, 0) is 18.9 Å². The van der Waals surface area contributed by atoms with Crippen molar-refractivity contribution in [3.05, 3.63) is 0 Å². The molecule has 26 heavy (non-hydrogen) atoms. The van der Waals surface area contributed by atoms with E-state index < -0.39 is 86.8 Å². The van der Waals surface area contributed by atoms with Gasteiger partial charge in [-0.1, -0.05) is 0 Å². The van der Waals surface area contributed by atoms with Crippen LogP contribution in [0, 0.1) is 0 Å². The van der Waals surface area contributed by atoms with E-state index in [1.807, 2.05) is 0 Å². The second kappa shape index (κ2) is 7.16. The molecule has 0 radical (unpaired) electrons. The number of aliphatic hydroxyl groups excluding tert-OH is 8. The fourth-order valence-corrected chi connectivity index (χ4v) is 3.42. The highest BCUT2D eigenvalue weighted by Gasteiger charge is 2.63. The molecule has 0 aromatic heterocycles. The Hall–Kier alpha value is -0.480. The summed E-state index contributed by atoms with van der Waals surface area (Å²) in [6, 6.07) is 0. The van der Waals surface area contributed by atoms with Crippen molar-refractivity contribution < 1.29 is 59.8 Å². The lowest BCUT2D eigenvalue weighted by atomic mass is 9.89. The molecule has 3 fully saturated rings. The second-order valence-corrected chi connectivity index (χ2v) is 6.73. The summed E-state index contributed by atoms with van der Waals surface area (Å²) < 4.78 is 21.7. The van der Waals surface area contributed by atoms with Crippen molar-refractivity contribution in [2.75, 3.05) is 26.4 Å². The summed E-state index contributed by atoms with van der Waals surface area (Å²) in [6.07, 6.45) is -12.5. The van der Waals surface area contributed by atoms with Crippen LogP contribution in [0.25, 0.3) is 0 Å². The third kappa shape index (κ3) is 2.96. The maximum atomic E-state index is 10.2. The maximum Gasteiger partial charge on any atom is 0.222 e. The minimum atomic E-state index is -1.96. The van der Waals surface area contributed by atoms with Crippen LogP contribution in [0.3, 0.4) is 0 Å². The van der Waals surface area contributed by atoms with Crippen molar-refractivity contribution in [3.63, 3.8) is 0 Å². The zero-order valence-electron chi connectivity index (χ0n) is 13.7. The molecule has 2 spiro atoms. The Kier molecular flexibility index (Phi) is 5.58. The van der Waals surface area contributed by atoms with E-state index in [9.17, 15) is 40.9 Å². The first-order chi connectivity index (χ1) is 12.2. The highest BCUT2D eigenvalue weighted by molar-refractivity contribution is 5.03. The standard InChI is InChI=1S/C14H24O12/c15-1-5-7(17)9(19)11(21)13(25-5)3-24-14(4-23-13)12(22)10(20)8(18)6(2-16)26-14/h5-12,15-22H,1-4H2/t5-,6-,7-,8-,9+,10+,11-,12-,13+,14+/m1/s1. The molecule has 0 saturated carbocycles. The van der Waals surface area contributed by atoms with Gasteiger partial charge in [0.1, 0.15) is 62.0 Å². The van der Waals surface area contributed by atoms with Gasteiger partial charge < -0.3 is 59.8 Å². The van der Waals surface area contributed by atoms with E-state index >= 15 is 0 Å². The van der Waals surface area contributed by atoms with Gasteiger partial charge in [0.25, 0.3) is 0 Å². The van der Waals surface area contributed by atoms with Crippen LogP contribution in [0.4, 0.5) is 0 Å². The van der Waals surface area contributed by atoms with E-state index in [2.05, 4.69) is 0 Å². The third-order valence-electron chi connectivity index (χ3n) is 5.11. The number of hydrogen-bond donors (Lipinski definition) is 8. The van der Waals surface area contributed by atoms with Crippen molar-refractivity contribution >= 4 is 0 Å². The normalized spacial score (nSPS) is 55.4. The molecule has 0 aromatic carbocycles. The predicted molar refractivity (Wildman–Crippen MR) is 77.3 cm³/mol. The van der Waals surface area contributed by atoms with Crippen LogP contribution in [0.5, 0.6) is 0 Å². The monoisotopic (exact) mass is 384 g/mol. The topological polar surface area (TPSA) is 199 Å². The number of rotatable bonds is 2. The molecule has 8 N–H and O–H groups in total. The van der Waals surface area contributed by atoms with Crippen LogP contribution >= 0.6 is 0 Å². The molecule has 3 rings (SSSR count). The SMILES string of the molecule is OC[C@H]1O[C@@]2(CO[C@@]3(CO2)O[C@H](CO)[C@@H](O)[C@H](O)[C@H]3O)[C@H](O)[C@@H](O)[C@@H]1O. The van der Waals surface area contributed by atoms with Gasteiger partial charge in [-0.05, 0) is 0 Å². The van der Waals surface area contributed by atoms with Crippen molar-refractivity contribution in [3.8, 4) is 0 Å². The maximum absolute atomic E-state index is 10.2. The lowest BCUT2D eigenvalue weighted by molar-refractivity contribution is -0.467. The van der Waals surface area contributed by atoms with Gasteiger partial charge in [-0.3, -0.25) is 0 Å². The predicted octanol–water partition coefficient (Wildman–Crippen LogP) is -5.63. The zero-order valence-corrected chi connectivity index (χ0v) is 13.7. The summed E-state index contributed by atoms with van der Waals surface area (Å²) in [4.78, 5) is 0. The lowest BCUT2D eigenvalue weighted by Crippen LogP contribution is -2.75. The van der Waals surface area contributed by atoms with Crippen LogP contribution in [0.15, 0.2) is 0 Å². The van der Waals surface area contributed by atoms with E-state index in [0.717, 1.165) is 0 Å². The first-order valence-electron chi connectivity index (χ1n) is 8.15. The van der Waals surface area contributed by atoms with E-state index in [1.54, 1.807) is 0 Å². The van der Waals surface area contributed by atoms with Crippen molar-refractivity contribution in [2.24, 2.45) is 0 Å². The van der Waals surface area contributed by atoms with E-state index in [0.29, 0.717) is 0 Å². The average Bonchev–Trinajstić information content (AvgIpc) is 2.66. The molecule has 0 aliphatic carbocycles. The van der Waals surface area contributed by atoms with E-state index in [1.165, 1.54) is 0 Å². The highest BCUT2D eigenvalue weighted by Crippen LogP contribution is 2.41. The van der Waals surface area contributed by atoms with E-state index in [4.69, 9.17) is 18.9 Å². The Morgan fingerprint density at radius 3 is 1.23 bits per heavy atom. The first-order valence-corrected chi connectivity index (χ1v) is 8.15. The van der Waals surface area contributed by atoms with Crippen molar-refractivity contribution in [2.45, 2.75) is 60.4 Å². The first kappa shape index (κ1) is 20.3. The molecule has 3 heterocycles. The highest BCUT2D eigenvalue weighted by atomic mass is 16.8. The molecule has 3 aliphatic heterocycles. The van der Waals surface area contributed by atoms with Crippen LogP contribution in [0.2, 0.25) is 0 Å². The van der Waals surface area contributed by atoms with Gasteiger partial charge in [0.2, 0.25) is 11.6 Å². The zero-order chi connectivity index (χ0) is 19.3. The largest absolute Gasteiger partial charge is 0.394 e. The van der Waals surface area contributed by atoms with E-state index in [-0.39, 0.29) is 0 Å². The second-order valence-electron chi connectivity index (χ2n) is 6.73. The lowest BCUT2D eigenvalue weighted by Gasteiger charge is -2.55. The third-order valence-corrected chi connectivity index (χ3v) is 5.11. The average molecular weight is 384 g/mol. The smallest absolute Gasteiger partial charge is 0.222 e. The summed E-state index contributed by atoms with van der Waals surface area (Å²) in [5.74, 6) is -3.92. The van der Waals surface area contributed by atoms with Crippen molar-refractivity contribution in [1.29, 1.82) is 0 Å². The molecule has 0 aromatic rings. The fourth-order valence-electron chi connectivity index (χ4n) is 3.42. The minimum Gasteiger partial charge on any atom is -0.394 e. The van der Waals surface area contributed by atoms with Gasteiger partial charge in [0.15, 0.2) is 0 Å². The quantitative estimate of drug-likeness (QED) is 0.225. The molecule has 12 heteroatoms. The van der Waals surface area contributed by atoms with Crippen LogP contribution in [0.1, 0.15) is 0 Å². The summed E-state index contributed by atoms with van der Waals surface area (Å²) in [7, 11) is 0. The molecule has 152 valence electrons. The fraction of sp³-hybridized carbons (Fsp3) is 1.00. The summed E-state index contributed by atoms with van der Waals surface area (Å²) in [6.45, 7) is -2.55. The number of aliphatic hydroxyl groups is 8. The Morgan fingerprint density at radius 2 is 0.962 bits per heavy atom. The van der Waals surface area contributed by atoms with Gasteiger partial charge in [0, 0.05) is 0 Å². The van der Waals surface area contributed by atoms with Gasteiger partial charge in [-0.25, -0.2) is 0 Å². The molecule has 12 nitrogen and oxygen atoms in total. The molecule has 10 atom stereocenters. The van der Waals surface area contributed by atoms with Gasteiger partial charge in [-0.2, -0.15) is 0 Å². The van der Waals surface area contributed by atoms with Crippen molar-refractivity contribution in [1.82, 2.24) is 0 Å². The number of hydrogen-bond acceptors (Lipinski definition) is 12.